The van der Waals surface area contributed by atoms with Crippen LogP contribution in [-0.4, -0.2) is 35.5 Å². The predicted octanol–water partition coefficient (Wildman–Crippen LogP) is 4.78. The number of fused-ring (bicyclic) bond motifs is 1. The van der Waals surface area contributed by atoms with Crippen LogP contribution in [0.25, 0.3) is 10.8 Å². The molecule has 0 aliphatic carbocycles. The highest BCUT2D eigenvalue weighted by Crippen LogP contribution is 2.38. The van der Waals surface area contributed by atoms with Gasteiger partial charge in [-0.3, -0.25) is 4.79 Å². The molecule has 0 unspecified atom stereocenters. The van der Waals surface area contributed by atoms with Gasteiger partial charge in [0.25, 0.3) is 0 Å². The number of benzene rings is 1. The molecular formula is C23H24N2O4S. The molecule has 7 heteroatoms. The molecule has 0 radical (unpaired) electrons. The molecule has 1 fully saturated rings. The number of aromatic nitrogens is 1. The zero-order valence-corrected chi connectivity index (χ0v) is 17.7. The van der Waals surface area contributed by atoms with E-state index >= 15 is 0 Å². The summed E-state index contributed by atoms with van der Waals surface area (Å²) in [6, 6.07) is 10.1. The van der Waals surface area contributed by atoms with Gasteiger partial charge in [0.05, 0.1) is 36.2 Å². The second-order valence-corrected chi connectivity index (χ2v) is 8.63. The summed E-state index contributed by atoms with van der Waals surface area (Å²) in [7, 11) is 0. The summed E-state index contributed by atoms with van der Waals surface area (Å²) in [6.07, 6.45) is 3.07. The van der Waals surface area contributed by atoms with Gasteiger partial charge in [-0.2, -0.15) is 0 Å². The Kier molecular flexibility index (Phi) is 5.21. The van der Waals surface area contributed by atoms with Crippen LogP contribution in [0.2, 0.25) is 0 Å². The van der Waals surface area contributed by atoms with Crippen molar-refractivity contribution in [3.05, 3.63) is 52.7 Å². The molecule has 1 saturated heterocycles. The number of rotatable bonds is 4. The number of amides is 1. The zero-order chi connectivity index (χ0) is 20.5. The molecule has 1 amide bonds. The number of carbonyl (C=O) groups is 1. The number of oxazole rings is 1. The fourth-order valence-electron chi connectivity index (χ4n) is 4.14. The van der Waals surface area contributed by atoms with Gasteiger partial charge in [-0.05, 0) is 48.9 Å². The van der Waals surface area contributed by atoms with Crippen molar-refractivity contribution in [2.45, 2.75) is 38.6 Å². The van der Waals surface area contributed by atoms with Crippen molar-refractivity contribution in [2.24, 2.45) is 0 Å². The summed E-state index contributed by atoms with van der Waals surface area (Å²) in [5.74, 6) is 2.94. The summed E-state index contributed by atoms with van der Waals surface area (Å²) >= 11 is 1.58. The lowest BCUT2D eigenvalue weighted by Gasteiger charge is -2.25. The van der Waals surface area contributed by atoms with E-state index in [-0.39, 0.29) is 18.4 Å². The highest BCUT2D eigenvalue weighted by atomic mass is 32.1. The average molecular weight is 425 g/mol. The first kappa shape index (κ1) is 19.2. The third-order valence-electron chi connectivity index (χ3n) is 5.67. The van der Waals surface area contributed by atoms with Crippen molar-refractivity contribution in [1.29, 1.82) is 0 Å². The van der Waals surface area contributed by atoms with E-state index in [9.17, 15) is 4.79 Å². The maximum atomic E-state index is 13.2. The van der Waals surface area contributed by atoms with Gasteiger partial charge in [0.2, 0.25) is 11.8 Å². The number of ether oxygens (including phenoxy) is 2. The standard InChI is InChI=1S/C23H24N2O4S/c1-15-17(24-23(29-15)21-6-3-12-30-21)14-22(26)25-9-2-5-18(25)16-7-8-19-20(13-16)28-11-4-10-27-19/h3,6-8,12-13,18H,2,4-5,9-11,14H2,1H3/t18-/m1/s1. The molecule has 2 aromatic heterocycles. The van der Waals surface area contributed by atoms with Gasteiger partial charge in [-0.1, -0.05) is 12.1 Å². The molecule has 1 aromatic carbocycles. The van der Waals surface area contributed by atoms with Crippen molar-refractivity contribution in [1.82, 2.24) is 9.88 Å². The molecule has 2 aliphatic heterocycles. The molecule has 6 nitrogen and oxygen atoms in total. The van der Waals surface area contributed by atoms with Crippen LogP contribution < -0.4 is 9.47 Å². The highest BCUT2D eigenvalue weighted by Gasteiger charge is 2.31. The van der Waals surface area contributed by atoms with Gasteiger partial charge >= 0.3 is 0 Å². The van der Waals surface area contributed by atoms with E-state index < -0.39 is 0 Å². The monoisotopic (exact) mass is 424 g/mol. The molecular weight excluding hydrogens is 400 g/mol. The van der Waals surface area contributed by atoms with Crippen molar-refractivity contribution in [2.75, 3.05) is 19.8 Å². The van der Waals surface area contributed by atoms with Crippen LogP contribution in [0.5, 0.6) is 11.5 Å². The molecule has 0 saturated carbocycles. The van der Waals surface area contributed by atoms with Gasteiger partial charge < -0.3 is 18.8 Å². The van der Waals surface area contributed by atoms with E-state index in [2.05, 4.69) is 11.1 Å². The Bertz CT molecular complexity index is 1040. The quantitative estimate of drug-likeness (QED) is 0.603. The molecule has 30 heavy (non-hydrogen) atoms. The first-order valence-corrected chi connectivity index (χ1v) is 11.3. The Morgan fingerprint density at radius 3 is 2.90 bits per heavy atom. The molecule has 0 spiro atoms. The Morgan fingerprint density at radius 1 is 1.20 bits per heavy atom. The van der Waals surface area contributed by atoms with E-state index in [1.807, 2.05) is 41.5 Å². The van der Waals surface area contributed by atoms with E-state index in [0.717, 1.165) is 47.7 Å². The van der Waals surface area contributed by atoms with Crippen molar-refractivity contribution in [3.8, 4) is 22.3 Å². The second kappa shape index (κ2) is 8.14. The summed E-state index contributed by atoms with van der Waals surface area (Å²) in [5.41, 5.74) is 1.81. The largest absolute Gasteiger partial charge is 0.490 e. The maximum absolute atomic E-state index is 13.2. The van der Waals surface area contributed by atoms with E-state index in [1.165, 1.54) is 0 Å². The molecule has 0 bridgehead atoms. The molecule has 0 N–H and O–H groups in total. The minimum atomic E-state index is 0.0543. The first-order chi connectivity index (χ1) is 14.7. The number of thiophene rings is 1. The summed E-state index contributed by atoms with van der Waals surface area (Å²) in [4.78, 5) is 20.7. The van der Waals surface area contributed by atoms with Gasteiger partial charge in [-0.25, -0.2) is 4.98 Å². The lowest BCUT2D eigenvalue weighted by atomic mass is 10.0. The Hall–Kier alpha value is -2.80. The smallest absolute Gasteiger partial charge is 0.236 e. The van der Waals surface area contributed by atoms with Crippen LogP contribution in [-0.2, 0) is 11.2 Å². The predicted molar refractivity (Wildman–Crippen MR) is 114 cm³/mol. The third kappa shape index (κ3) is 3.69. The third-order valence-corrected chi connectivity index (χ3v) is 6.53. The topological polar surface area (TPSA) is 64.8 Å². The fourth-order valence-corrected chi connectivity index (χ4v) is 4.79. The van der Waals surface area contributed by atoms with Gasteiger partial charge in [0.15, 0.2) is 11.5 Å². The first-order valence-electron chi connectivity index (χ1n) is 10.4. The second-order valence-electron chi connectivity index (χ2n) is 7.68. The Labute approximate surface area is 179 Å². The lowest BCUT2D eigenvalue weighted by molar-refractivity contribution is -0.131. The average Bonchev–Trinajstić information content (AvgIpc) is 3.47. The summed E-state index contributed by atoms with van der Waals surface area (Å²) in [6.45, 7) is 3.96. The van der Waals surface area contributed by atoms with E-state index in [4.69, 9.17) is 13.9 Å². The minimum absolute atomic E-state index is 0.0543. The summed E-state index contributed by atoms with van der Waals surface area (Å²) < 4.78 is 17.4. The van der Waals surface area contributed by atoms with Crippen LogP contribution in [0.3, 0.4) is 0 Å². The van der Waals surface area contributed by atoms with Crippen LogP contribution >= 0.6 is 11.3 Å². The fraction of sp³-hybridized carbons (Fsp3) is 0.391. The zero-order valence-electron chi connectivity index (χ0n) is 16.9. The SMILES string of the molecule is Cc1oc(-c2cccs2)nc1CC(=O)N1CCC[C@@H]1c1ccc2c(c1)OCCCO2. The van der Waals surface area contributed by atoms with Crippen LogP contribution in [0.15, 0.2) is 40.1 Å². The normalized spacial score (nSPS) is 18.4. The van der Waals surface area contributed by atoms with E-state index in [0.29, 0.717) is 30.6 Å². The van der Waals surface area contributed by atoms with Gasteiger partial charge in [0, 0.05) is 13.0 Å². The molecule has 1 atom stereocenters. The number of carbonyl (C=O) groups excluding carboxylic acids is 1. The minimum Gasteiger partial charge on any atom is -0.490 e. The number of likely N-dealkylation sites (tertiary alicyclic amines) is 1. The van der Waals surface area contributed by atoms with Crippen LogP contribution in [0.4, 0.5) is 0 Å². The van der Waals surface area contributed by atoms with E-state index in [1.54, 1.807) is 11.3 Å². The number of hydrogen-bond donors (Lipinski definition) is 0. The summed E-state index contributed by atoms with van der Waals surface area (Å²) in [5, 5.41) is 1.99. The van der Waals surface area contributed by atoms with Gasteiger partial charge in [-0.15, -0.1) is 11.3 Å². The highest BCUT2D eigenvalue weighted by molar-refractivity contribution is 7.13. The molecule has 3 aromatic rings. The molecule has 156 valence electrons. The molecule has 4 heterocycles. The Morgan fingerprint density at radius 2 is 2.07 bits per heavy atom. The van der Waals surface area contributed by atoms with Crippen LogP contribution in [0, 0.1) is 6.92 Å². The van der Waals surface area contributed by atoms with Crippen LogP contribution in [0.1, 0.15) is 42.3 Å². The number of aryl methyl sites for hydroxylation is 1. The Balaban J connectivity index is 1.34. The number of hydrogen-bond acceptors (Lipinski definition) is 6. The molecule has 2 aliphatic rings. The van der Waals surface area contributed by atoms with Crippen molar-refractivity contribution >= 4 is 17.2 Å². The molecule has 5 rings (SSSR count). The maximum Gasteiger partial charge on any atom is 0.236 e. The van der Waals surface area contributed by atoms with Crippen molar-refractivity contribution < 1.29 is 18.7 Å². The number of nitrogens with zero attached hydrogens (tertiary/aromatic N) is 2. The lowest BCUT2D eigenvalue weighted by Crippen LogP contribution is -2.32. The van der Waals surface area contributed by atoms with Crippen molar-refractivity contribution in [3.63, 3.8) is 0 Å². The van der Waals surface area contributed by atoms with Gasteiger partial charge in [0.1, 0.15) is 5.76 Å².